The van der Waals surface area contributed by atoms with Crippen LogP contribution in [0.2, 0.25) is 0 Å². The fraction of sp³-hybridized carbons (Fsp3) is 0.647. The molecule has 0 bridgehead atoms. The number of hydrogen-bond acceptors (Lipinski definition) is 3. The molecule has 1 aliphatic heterocycles. The smallest absolute Gasteiger partial charge is 0.0809 e. The van der Waals surface area contributed by atoms with Crippen molar-refractivity contribution in [1.29, 1.82) is 0 Å². The maximum atomic E-state index is 5.87. The molecule has 112 valence electrons. The van der Waals surface area contributed by atoms with Crippen LogP contribution in [0.25, 0.3) is 0 Å². The van der Waals surface area contributed by atoms with Gasteiger partial charge in [-0.3, -0.25) is 0 Å². The predicted octanol–water partition coefficient (Wildman–Crippen LogP) is 3.15. The van der Waals surface area contributed by atoms with Crippen LogP contribution in [0.3, 0.4) is 0 Å². The van der Waals surface area contributed by atoms with Gasteiger partial charge in [0.1, 0.15) is 0 Å². The Balaban J connectivity index is 1.89. The van der Waals surface area contributed by atoms with Crippen molar-refractivity contribution >= 4 is 0 Å². The maximum absolute atomic E-state index is 5.87. The average molecular weight is 277 g/mol. The van der Waals surface area contributed by atoms with Crippen LogP contribution in [0.5, 0.6) is 0 Å². The largest absolute Gasteiger partial charge is 0.377 e. The van der Waals surface area contributed by atoms with Crippen molar-refractivity contribution in [3.8, 4) is 0 Å². The minimum absolute atomic E-state index is 0.265. The van der Waals surface area contributed by atoms with Crippen LogP contribution in [0.4, 0.5) is 0 Å². The van der Waals surface area contributed by atoms with Gasteiger partial charge in [0, 0.05) is 6.61 Å². The molecule has 1 saturated heterocycles. The Bertz CT molecular complexity index is 413. The highest BCUT2D eigenvalue weighted by atomic mass is 16.5. The van der Waals surface area contributed by atoms with E-state index in [1.807, 2.05) is 0 Å². The summed E-state index contributed by atoms with van der Waals surface area (Å²) in [6, 6.07) is 6.92. The zero-order valence-electron chi connectivity index (χ0n) is 12.9. The standard InChI is InChI=1S/C17H27NO2/c1-4-18-17(12-19-11-16-6-5-9-20-16)15-8-7-13(2)14(3)10-15/h7-8,10,16-18H,4-6,9,11-12H2,1-3H3. The highest BCUT2D eigenvalue weighted by molar-refractivity contribution is 5.31. The molecule has 0 radical (unpaired) electrons. The van der Waals surface area contributed by atoms with E-state index >= 15 is 0 Å². The normalized spacial score (nSPS) is 20.2. The van der Waals surface area contributed by atoms with Gasteiger partial charge in [0.25, 0.3) is 0 Å². The lowest BCUT2D eigenvalue weighted by Gasteiger charge is -2.20. The quantitative estimate of drug-likeness (QED) is 0.830. The molecule has 0 saturated carbocycles. The number of aryl methyl sites for hydroxylation is 2. The van der Waals surface area contributed by atoms with Gasteiger partial charge in [-0.25, -0.2) is 0 Å². The molecular weight excluding hydrogens is 250 g/mol. The lowest BCUT2D eigenvalue weighted by molar-refractivity contribution is 0.0101. The molecule has 1 N–H and O–H groups in total. The minimum Gasteiger partial charge on any atom is -0.377 e. The topological polar surface area (TPSA) is 30.5 Å². The molecule has 20 heavy (non-hydrogen) atoms. The van der Waals surface area contributed by atoms with Crippen molar-refractivity contribution in [3.05, 3.63) is 34.9 Å². The first kappa shape index (κ1) is 15.5. The fourth-order valence-corrected chi connectivity index (χ4v) is 2.59. The number of benzene rings is 1. The minimum atomic E-state index is 0.265. The third kappa shape index (κ3) is 4.30. The molecule has 1 heterocycles. The number of nitrogens with one attached hydrogen (secondary N) is 1. The van der Waals surface area contributed by atoms with Crippen LogP contribution in [-0.4, -0.2) is 32.5 Å². The van der Waals surface area contributed by atoms with Gasteiger partial charge in [-0.1, -0.05) is 25.1 Å². The van der Waals surface area contributed by atoms with Gasteiger partial charge >= 0.3 is 0 Å². The Kier molecular flexibility index (Phi) is 6.02. The van der Waals surface area contributed by atoms with Crippen LogP contribution < -0.4 is 5.32 Å². The monoisotopic (exact) mass is 277 g/mol. The van der Waals surface area contributed by atoms with Crippen molar-refractivity contribution in [1.82, 2.24) is 5.32 Å². The second-order valence-corrected chi connectivity index (χ2v) is 5.63. The highest BCUT2D eigenvalue weighted by Gasteiger charge is 2.17. The van der Waals surface area contributed by atoms with E-state index in [2.05, 4.69) is 44.3 Å². The third-order valence-electron chi connectivity index (χ3n) is 4.00. The van der Waals surface area contributed by atoms with Crippen LogP contribution in [0.15, 0.2) is 18.2 Å². The molecule has 3 nitrogen and oxygen atoms in total. The average Bonchev–Trinajstić information content (AvgIpc) is 2.94. The molecule has 1 aromatic rings. The number of rotatable bonds is 7. The van der Waals surface area contributed by atoms with Gasteiger partial charge in [0.2, 0.25) is 0 Å². The summed E-state index contributed by atoms with van der Waals surface area (Å²) < 4.78 is 11.5. The number of likely N-dealkylation sites (N-methyl/N-ethyl adjacent to an activating group) is 1. The molecule has 0 amide bonds. The molecule has 0 aromatic heterocycles. The van der Waals surface area contributed by atoms with E-state index in [4.69, 9.17) is 9.47 Å². The second kappa shape index (κ2) is 7.77. The van der Waals surface area contributed by atoms with Crippen molar-refractivity contribution in [2.45, 2.75) is 45.8 Å². The van der Waals surface area contributed by atoms with Gasteiger partial charge in [0.05, 0.1) is 25.4 Å². The first-order valence-electron chi connectivity index (χ1n) is 7.70. The molecule has 2 atom stereocenters. The van der Waals surface area contributed by atoms with Crippen molar-refractivity contribution in [2.24, 2.45) is 0 Å². The first-order chi connectivity index (χ1) is 9.70. The summed E-state index contributed by atoms with van der Waals surface area (Å²) in [4.78, 5) is 0. The van der Waals surface area contributed by atoms with E-state index in [-0.39, 0.29) is 6.04 Å². The zero-order valence-corrected chi connectivity index (χ0v) is 12.9. The molecule has 1 fully saturated rings. The summed E-state index contributed by atoms with van der Waals surface area (Å²) in [5.41, 5.74) is 3.98. The van der Waals surface area contributed by atoms with Crippen LogP contribution in [0, 0.1) is 13.8 Å². The first-order valence-corrected chi connectivity index (χ1v) is 7.70. The summed E-state index contributed by atoms with van der Waals surface area (Å²) in [5, 5.41) is 3.51. The maximum Gasteiger partial charge on any atom is 0.0809 e. The van der Waals surface area contributed by atoms with Crippen molar-refractivity contribution < 1.29 is 9.47 Å². The van der Waals surface area contributed by atoms with Gasteiger partial charge in [0.15, 0.2) is 0 Å². The Morgan fingerprint density at radius 1 is 1.35 bits per heavy atom. The Morgan fingerprint density at radius 2 is 2.20 bits per heavy atom. The van der Waals surface area contributed by atoms with Crippen LogP contribution >= 0.6 is 0 Å². The Morgan fingerprint density at radius 3 is 2.85 bits per heavy atom. The summed E-state index contributed by atoms with van der Waals surface area (Å²) >= 11 is 0. The molecule has 3 heteroatoms. The molecule has 1 aromatic carbocycles. The summed E-state index contributed by atoms with van der Waals surface area (Å²) in [6.45, 7) is 9.70. The molecule has 2 unspecified atom stereocenters. The SMILES string of the molecule is CCNC(COCC1CCCO1)c1ccc(C)c(C)c1. The van der Waals surface area contributed by atoms with Crippen LogP contribution in [0.1, 0.15) is 42.5 Å². The van der Waals surface area contributed by atoms with Gasteiger partial charge in [-0.2, -0.15) is 0 Å². The molecule has 0 aliphatic carbocycles. The number of hydrogen-bond donors (Lipinski definition) is 1. The molecular formula is C17H27NO2. The summed E-state index contributed by atoms with van der Waals surface area (Å²) in [5.74, 6) is 0. The lowest BCUT2D eigenvalue weighted by atomic mass is 10.0. The van der Waals surface area contributed by atoms with Gasteiger partial charge in [-0.05, 0) is 49.9 Å². The van der Waals surface area contributed by atoms with E-state index in [9.17, 15) is 0 Å². The zero-order chi connectivity index (χ0) is 14.4. The summed E-state index contributed by atoms with van der Waals surface area (Å²) in [7, 11) is 0. The van der Waals surface area contributed by atoms with E-state index in [1.54, 1.807) is 0 Å². The Labute approximate surface area is 122 Å². The van der Waals surface area contributed by atoms with E-state index in [0.29, 0.717) is 19.3 Å². The predicted molar refractivity (Wildman–Crippen MR) is 82.1 cm³/mol. The fourth-order valence-electron chi connectivity index (χ4n) is 2.59. The second-order valence-electron chi connectivity index (χ2n) is 5.63. The van der Waals surface area contributed by atoms with Crippen molar-refractivity contribution in [2.75, 3.05) is 26.4 Å². The van der Waals surface area contributed by atoms with E-state index in [0.717, 1.165) is 19.6 Å². The molecule has 2 rings (SSSR count). The highest BCUT2D eigenvalue weighted by Crippen LogP contribution is 2.18. The Hall–Kier alpha value is -0.900. The van der Waals surface area contributed by atoms with Crippen molar-refractivity contribution in [3.63, 3.8) is 0 Å². The lowest BCUT2D eigenvalue weighted by Crippen LogP contribution is -2.27. The number of ether oxygens (including phenoxy) is 2. The molecule has 1 aliphatic rings. The van der Waals surface area contributed by atoms with Gasteiger partial charge in [-0.15, -0.1) is 0 Å². The van der Waals surface area contributed by atoms with Gasteiger partial charge < -0.3 is 14.8 Å². The third-order valence-corrected chi connectivity index (χ3v) is 4.00. The van der Waals surface area contributed by atoms with Crippen LogP contribution in [-0.2, 0) is 9.47 Å². The molecule has 0 spiro atoms. The van der Waals surface area contributed by atoms with E-state index in [1.165, 1.54) is 23.1 Å². The summed E-state index contributed by atoms with van der Waals surface area (Å²) in [6.07, 6.45) is 2.61. The van der Waals surface area contributed by atoms with E-state index < -0.39 is 0 Å².